The smallest absolute Gasteiger partial charge is 0.248 e. The van der Waals surface area contributed by atoms with E-state index in [1.807, 2.05) is 27.7 Å². The Balaban J connectivity index is 3.22. The van der Waals surface area contributed by atoms with Crippen LogP contribution in [0.1, 0.15) is 44.7 Å². The van der Waals surface area contributed by atoms with Gasteiger partial charge in [0.25, 0.3) is 0 Å². The Morgan fingerprint density at radius 3 is 2.47 bits per heavy atom. The summed E-state index contributed by atoms with van der Waals surface area (Å²) in [6.45, 7) is 9.40. The maximum Gasteiger partial charge on any atom is 0.248 e. The van der Waals surface area contributed by atoms with Crippen LogP contribution in [-0.2, 0) is 4.79 Å². The number of hydrogen-bond donors (Lipinski definition) is 2. The average molecular weight is 257 g/mol. The zero-order valence-corrected chi connectivity index (χ0v) is 12.2. The van der Waals surface area contributed by atoms with Gasteiger partial charge in [0.1, 0.15) is 13.6 Å². The molecule has 1 rings (SSSR count). The van der Waals surface area contributed by atoms with E-state index in [1.165, 1.54) is 6.08 Å². The summed E-state index contributed by atoms with van der Waals surface area (Å²) >= 11 is 0. The van der Waals surface area contributed by atoms with Crippen molar-refractivity contribution in [2.75, 3.05) is 5.32 Å². The minimum atomic E-state index is -0.216. The molecule has 0 fully saturated rings. The highest BCUT2D eigenvalue weighted by molar-refractivity contribution is 6.38. The summed E-state index contributed by atoms with van der Waals surface area (Å²) in [6, 6.07) is 1.74. The van der Waals surface area contributed by atoms with Gasteiger partial charge < -0.3 is 10.4 Å². The van der Waals surface area contributed by atoms with E-state index in [4.69, 9.17) is 7.85 Å². The van der Waals surface area contributed by atoms with Crippen molar-refractivity contribution in [3.05, 3.63) is 28.8 Å². The third-order valence-corrected chi connectivity index (χ3v) is 2.92. The molecule has 2 N–H and O–H groups in total. The van der Waals surface area contributed by atoms with Crippen LogP contribution >= 0.6 is 0 Å². The Bertz CT molecular complexity index is 529. The molecule has 0 heterocycles. The molecule has 0 saturated heterocycles. The molecule has 0 unspecified atom stereocenters. The van der Waals surface area contributed by atoms with E-state index in [2.05, 4.69) is 5.32 Å². The van der Waals surface area contributed by atoms with Crippen LogP contribution in [0.2, 0.25) is 0 Å². The van der Waals surface area contributed by atoms with E-state index in [1.54, 1.807) is 13.0 Å². The molecule has 0 aliphatic heterocycles. The topological polar surface area (TPSA) is 49.3 Å². The first-order valence-electron chi connectivity index (χ1n) is 6.31. The molecule has 0 aromatic heterocycles. The number of amides is 1. The van der Waals surface area contributed by atoms with Crippen LogP contribution in [0.15, 0.2) is 17.7 Å². The van der Waals surface area contributed by atoms with Gasteiger partial charge in [-0.05, 0) is 43.9 Å². The van der Waals surface area contributed by atoms with Gasteiger partial charge in [0, 0.05) is 11.8 Å². The number of phenols is 1. The predicted molar refractivity (Wildman–Crippen MR) is 80.4 cm³/mol. The molecular weight excluding hydrogens is 237 g/mol. The Morgan fingerprint density at radius 1 is 1.42 bits per heavy atom. The van der Waals surface area contributed by atoms with Gasteiger partial charge in [0.2, 0.25) is 5.91 Å². The van der Waals surface area contributed by atoms with Gasteiger partial charge in [-0.25, -0.2) is 0 Å². The van der Waals surface area contributed by atoms with E-state index >= 15 is 0 Å². The molecule has 3 nitrogen and oxygen atoms in total. The Labute approximate surface area is 116 Å². The number of carbonyl (C=O) groups is 1. The molecule has 1 aromatic carbocycles. The second kappa shape index (κ2) is 5.96. The van der Waals surface area contributed by atoms with Crippen molar-refractivity contribution < 1.29 is 9.90 Å². The van der Waals surface area contributed by atoms with Crippen molar-refractivity contribution in [1.82, 2.24) is 0 Å². The number of nitrogens with one attached hydrogen (secondary N) is 1. The first-order chi connectivity index (χ1) is 8.73. The summed E-state index contributed by atoms with van der Waals surface area (Å²) in [5.74, 6) is 0.137. The van der Waals surface area contributed by atoms with Gasteiger partial charge in [-0.15, -0.1) is 0 Å². The molecule has 100 valence electrons. The molecule has 1 aromatic rings. The fraction of sp³-hybridized carbons (Fsp3) is 0.400. The molecule has 0 aliphatic rings. The zero-order chi connectivity index (χ0) is 14.7. The highest BCUT2D eigenvalue weighted by Gasteiger charge is 2.14. The Kier molecular flexibility index (Phi) is 4.81. The summed E-state index contributed by atoms with van der Waals surface area (Å²) in [6.07, 6.45) is 1.51. The summed E-state index contributed by atoms with van der Waals surface area (Å²) in [7, 11) is 5.94. The molecule has 4 heteroatoms. The van der Waals surface area contributed by atoms with Crippen molar-refractivity contribution in [1.29, 1.82) is 0 Å². The fourth-order valence-electron chi connectivity index (χ4n) is 1.82. The van der Waals surface area contributed by atoms with Crippen LogP contribution in [0, 0.1) is 6.92 Å². The van der Waals surface area contributed by atoms with E-state index in [0.29, 0.717) is 16.7 Å². The van der Waals surface area contributed by atoms with E-state index in [0.717, 1.165) is 11.1 Å². The number of benzene rings is 1. The number of carbonyl (C=O) groups excluding carboxylic acids is 1. The fourth-order valence-corrected chi connectivity index (χ4v) is 1.82. The van der Waals surface area contributed by atoms with E-state index < -0.39 is 0 Å². The minimum Gasteiger partial charge on any atom is -0.507 e. The van der Waals surface area contributed by atoms with Gasteiger partial charge in [0.05, 0.1) is 0 Å². The number of allylic oxidation sites excluding steroid dienone is 1. The number of anilines is 1. The zero-order valence-electron chi connectivity index (χ0n) is 12.2. The molecule has 1 amide bonds. The SMILES string of the molecule is [B]c1c(NC(=O)C=C(C)C)cc(C(C)C)c(O)c1C. The van der Waals surface area contributed by atoms with Gasteiger partial charge in [-0.2, -0.15) is 0 Å². The van der Waals surface area contributed by atoms with Crippen LogP contribution in [0.3, 0.4) is 0 Å². The molecular formula is C15H20BNO2. The number of aromatic hydroxyl groups is 1. The lowest BCUT2D eigenvalue weighted by Gasteiger charge is -2.17. The Morgan fingerprint density at radius 2 is 2.00 bits per heavy atom. The largest absolute Gasteiger partial charge is 0.507 e. The van der Waals surface area contributed by atoms with Gasteiger partial charge >= 0.3 is 0 Å². The van der Waals surface area contributed by atoms with E-state index in [-0.39, 0.29) is 17.6 Å². The second-order valence-corrected chi connectivity index (χ2v) is 5.27. The van der Waals surface area contributed by atoms with Gasteiger partial charge in [0.15, 0.2) is 0 Å². The average Bonchev–Trinajstić information content (AvgIpc) is 2.28. The van der Waals surface area contributed by atoms with Crippen molar-refractivity contribution >= 4 is 24.9 Å². The molecule has 0 saturated carbocycles. The predicted octanol–water partition coefficient (Wildman–Crippen LogP) is 2.52. The summed E-state index contributed by atoms with van der Waals surface area (Å²) < 4.78 is 0. The van der Waals surface area contributed by atoms with Crippen molar-refractivity contribution in [3.8, 4) is 5.75 Å². The third kappa shape index (κ3) is 3.63. The molecule has 0 bridgehead atoms. The van der Waals surface area contributed by atoms with Gasteiger partial charge in [-0.1, -0.05) is 24.9 Å². The van der Waals surface area contributed by atoms with Crippen LogP contribution in [0.4, 0.5) is 5.69 Å². The van der Waals surface area contributed by atoms with Crippen LogP contribution in [0.5, 0.6) is 5.75 Å². The first-order valence-corrected chi connectivity index (χ1v) is 6.31. The molecule has 0 aliphatic carbocycles. The molecule has 0 atom stereocenters. The van der Waals surface area contributed by atoms with Gasteiger partial charge in [-0.3, -0.25) is 4.79 Å². The highest BCUT2D eigenvalue weighted by atomic mass is 16.3. The first kappa shape index (κ1) is 15.4. The third-order valence-electron chi connectivity index (χ3n) is 2.92. The summed E-state index contributed by atoms with van der Waals surface area (Å²) in [4.78, 5) is 11.7. The summed E-state index contributed by atoms with van der Waals surface area (Å²) in [5.41, 5.74) is 3.23. The maximum absolute atomic E-state index is 11.7. The van der Waals surface area contributed by atoms with Crippen LogP contribution < -0.4 is 10.8 Å². The Hall–Kier alpha value is -1.71. The monoisotopic (exact) mass is 257 g/mol. The second-order valence-electron chi connectivity index (χ2n) is 5.27. The standard InChI is InChI=1S/C15H20BNO2/c1-8(2)6-13(18)17-12-7-11(9(3)4)15(19)10(5)14(12)16/h6-7,9,19H,1-5H3,(H,17,18). The molecule has 2 radical (unpaired) electrons. The summed E-state index contributed by atoms with van der Waals surface area (Å²) in [5, 5.41) is 12.8. The quantitative estimate of drug-likeness (QED) is 0.496. The van der Waals surface area contributed by atoms with Crippen LogP contribution in [0.25, 0.3) is 0 Å². The number of phenolic OH excluding ortho intramolecular Hbond substituents is 1. The lowest BCUT2D eigenvalue weighted by molar-refractivity contribution is -0.111. The molecule has 19 heavy (non-hydrogen) atoms. The minimum absolute atomic E-state index is 0.151. The number of hydrogen-bond acceptors (Lipinski definition) is 2. The highest BCUT2D eigenvalue weighted by Crippen LogP contribution is 2.30. The van der Waals surface area contributed by atoms with E-state index in [9.17, 15) is 9.90 Å². The normalized spacial score (nSPS) is 10.4. The lowest BCUT2D eigenvalue weighted by atomic mass is 9.85. The van der Waals surface area contributed by atoms with Crippen LogP contribution in [-0.4, -0.2) is 18.9 Å². The lowest BCUT2D eigenvalue weighted by Crippen LogP contribution is -2.20. The van der Waals surface area contributed by atoms with Crippen molar-refractivity contribution in [2.24, 2.45) is 0 Å². The maximum atomic E-state index is 11.7. The molecule has 0 spiro atoms. The number of rotatable bonds is 3. The van der Waals surface area contributed by atoms with Crippen molar-refractivity contribution in [2.45, 2.75) is 40.5 Å². The van der Waals surface area contributed by atoms with Crippen molar-refractivity contribution in [3.63, 3.8) is 0 Å².